The number of carbonyl (C=O) groups excluding carboxylic acids is 4. The second-order valence-corrected chi connectivity index (χ2v) is 6.57. The van der Waals surface area contributed by atoms with Crippen LogP contribution in [0.1, 0.15) is 23.2 Å². The number of nitrogens with zero attached hydrogens (tertiary/aromatic N) is 1. The molecule has 0 radical (unpaired) electrons. The van der Waals surface area contributed by atoms with Gasteiger partial charge in [-0.1, -0.05) is 12.2 Å². The number of esters is 1. The monoisotopic (exact) mass is 387 g/mol. The number of amides is 2. The Bertz CT molecular complexity index is 819. The van der Waals surface area contributed by atoms with Crippen LogP contribution >= 0.6 is 0 Å². The summed E-state index contributed by atoms with van der Waals surface area (Å²) in [5, 5.41) is 0. The highest BCUT2D eigenvalue weighted by molar-refractivity contribution is 6.07. The molecule has 8 nitrogen and oxygen atoms in total. The normalized spacial score (nSPS) is 20.7. The van der Waals surface area contributed by atoms with Crippen LogP contribution in [0.15, 0.2) is 30.4 Å². The molecule has 3 rings (SSSR count). The Balaban J connectivity index is 1.58. The number of likely N-dealkylation sites (tertiary alicyclic amines) is 1. The van der Waals surface area contributed by atoms with E-state index in [1.807, 2.05) is 12.2 Å². The Morgan fingerprint density at radius 3 is 2.25 bits per heavy atom. The van der Waals surface area contributed by atoms with Crippen molar-refractivity contribution >= 4 is 23.6 Å². The van der Waals surface area contributed by atoms with Crippen molar-refractivity contribution in [2.45, 2.75) is 12.8 Å². The molecule has 28 heavy (non-hydrogen) atoms. The number of hydrogen-bond donors (Lipinski definition) is 0. The predicted octanol–water partition coefficient (Wildman–Crippen LogP) is 1.38. The van der Waals surface area contributed by atoms with Crippen molar-refractivity contribution in [1.29, 1.82) is 0 Å². The molecule has 0 saturated carbocycles. The van der Waals surface area contributed by atoms with Crippen molar-refractivity contribution in [2.75, 3.05) is 27.4 Å². The lowest BCUT2D eigenvalue weighted by Crippen LogP contribution is -2.37. The molecule has 1 aliphatic carbocycles. The molecule has 1 heterocycles. The molecule has 2 atom stereocenters. The molecular weight excluding hydrogens is 366 g/mol. The Kier molecular flexibility index (Phi) is 5.77. The number of imide groups is 1. The lowest BCUT2D eigenvalue weighted by molar-refractivity contribution is -0.152. The molecule has 0 bridgehead atoms. The van der Waals surface area contributed by atoms with Gasteiger partial charge in [0.1, 0.15) is 18.0 Å². The molecule has 0 N–H and O–H groups in total. The molecule has 2 aliphatic rings. The summed E-state index contributed by atoms with van der Waals surface area (Å²) in [6, 6.07) is 4.65. The Morgan fingerprint density at radius 1 is 1.04 bits per heavy atom. The molecule has 1 saturated heterocycles. The fourth-order valence-corrected chi connectivity index (χ4v) is 3.45. The number of Topliss-reactive ketones (excluding diaryl/α,β-unsaturated/α-hetero) is 1. The first-order valence-electron chi connectivity index (χ1n) is 8.87. The quantitative estimate of drug-likeness (QED) is 0.302. The van der Waals surface area contributed by atoms with E-state index in [9.17, 15) is 19.2 Å². The van der Waals surface area contributed by atoms with Crippen LogP contribution in [0.5, 0.6) is 11.5 Å². The van der Waals surface area contributed by atoms with Crippen molar-refractivity contribution in [3.05, 3.63) is 35.9 Å². The Labute approximate surface area is 162 Å². The van der Waals surface area contributed by atoms with E-state index in [1.165, 1.54) is 20.3 Å². The van der Waals surface area contributed by atoms with Crippen LogP contribution in [-0.4, -0.2) is 55.8 Å². The highest BCUT2D eigenvalue weighted by Gasteiger charge is 2.47. The summed E-state index contributed by atoms with van der Waals surface area (Å²) in [6.07, 6.45) is 4.73. The summed E-state index contributed by atoms with van der Waals surface area (Å²) < 4.78 is 15.2. The fraction of sp³-hybridized carbons (Fsp3) is 0.400. The van der Waals surface area contributed by atoms with E-state index in [2.05, 4.69) is 0 Å². The van der Waals surface area contributed by atoms with Crippen molar-refractivity contribution in [2.24, 2.45) is 11.8 Å². The van der Waals surface area contributed by atoms with Crippen molar-refractivity contribution in [3.63, 3.8) is 0 Å². The van der Waals surface area contributed by atoms with Gasteiger partial charge in [-0.2, -0.15) is 0 Å². The minimum atomic E-state index is -0.811. The maximum absolute atomic E-state index is 12.4. The summed E-state index contributed by atoms with van der Waals surface area (Å²) in [5.74, 6) is -2.00. The lowest BCUT2D eigenvalue weighted by atomic mass is 9.85. The zero-order valence-corrected chi connectivity index (χ0v) is 15.7. The molecule has 1 aromatic carbocycles. The van der Waals surface area contributed by atoms with Crippen LogP contribution in [0.2, 0.25) is 0 Å². The van der Waals surface area contributed by atoms with E-state index in [1.54, 1.807) is 12.1 Å². The van der Waals surface area contributed by atoms with Gasteiger partial charge < -0.3 is 14.2 Å². The van der Waals surface area contributed by atoms with Gasteiger partial charge in [-0.05, 0) is 25.0 Å². The maximum Gasteiger partial charge on any atom is 0.326 e. The molecule has 148 valence electrons. The average molecular weight is 387 g/mol. The van der Waals surface area contributed by atoms with Crippen molar-refractivity contribution in [1.82, 2.24) is 4.90 Å². The van der Waals surface area contributed by atoms with Gasteiger partial charge >= 0.3 is 5.97 Å². The molecule has 0 unspecified atom stereocenters. The number of fused-ring (bicyclic) bond motifs is 1. The molecule has 0 spiro atoms. The van der Waals surface area contributed by atoms with E-state index < -0.39 is 36.7 Å². The number of ketones is 1. The highest BCUT2D eigenvalue weighted by Crippen LogP contribution is 2.34. The van der Waals surface area contributed by atoms with Crippen molar-refractivity contribution < 1.29 is 33.4 Å². The minimum Gasteiger partial charge on any atom is -0.497 e. The van der Waals surface area contributed by atoms with Gasteiger partial charge in [0.25, 0.3) is 0 Å². The first-order chi connectivity index (χ1) is 13.5. The van der Waals surface area contributed by atoms with Crippen LogP contribution in [0, 0.1) is 11.8 Å². The van der Waals surface area contributed by atoms with Gasteiger partial charge in [-0.15, -0.1) is 0 Å². The largest absolute Gasteiger partial charge is 0.497 e. The predicted molar refractivity (Wildman–Crippen MR) is 96.9 cm³/mol. The standard InChI is InChI=1S/C20H21NO7/c1-26-12-7-8-15(17(9-12)27-2)16(22)11-28-18(23)10-21-19(24)13-5-3-4-6-14(13)20(21)25/h3-4,7-9,13-14H,5-6,10-11H2,1-2H3/t13-,14+. The highest BCUT2D eigenvalue weighted by atomic mass is 16.5. The SMILES string of the molecule is COc1ccc(C(=O)COC(=O)CN2C(=O)[C@H]3CC=CC[C@H]3C2=O)c(OC)c1. The lowest BCUT2D eigenvalue weighted by Gasteiger charge is -2.14. The maximum atomic E-state index is 12.4. The van der Waals surface area contributed by atoms with Crippen molar-refractivity contribution in [3.8, 4) is 11.5 Å². The number of methoxy groups -OCH3 is 2. The molecular formula is C20H21NO7. The van der Waals surface area contributed by atoms with Gasteiger partial charge in [-0.25, -0.2) is 0 Å². The van der Waals surface area contributed by atoms with Gasteiger partial charge in [0.15, 0.2) is 6.61 Å². The zero-order valence-electron chi connectivity index (χ0n) is 15.7. The second kappa shape index (κ2) is 8.24. The average Bonchev–Trinajstić information content (AvgIpc) is 2.96. The van der Waals surface area contributed by atoms with Crippen LogP contribution in [0.3, 0.4) is 0 Å². The number of rotatable bonds is 7. The Morgan fingerprint density at radius 2 is 1.68 bits per heavy atom. The number of hydrogen-bond acceptors (Lipinski definition) is 7. The van der Waals surface area contributed by atoms with Gasteiger partial charge in [-0.3, -0.25) is 24.1 Å². The van der Waals surface area contributed by atoms with E-state index in [-0.39, 0.29) is 17.4 Å². The van der Waals surface area contributed by atoms with E-state index >= 15 is 0 Å². The third kappa shape index (κ3) is 3.76. The zero-order chi connectivity index (χ0) is 20.3. The Hall–Kier alpha value is -3.16. The summed E-state index contributed by atoms with van der Waals surface area (Å²) >= 11 is 0. The van der Waals surface area contributed by atoms with Crippen LogP contribution in [0.4, 0.5) is 0 Å². The van der Waals surface area contributed by atoms with E-state index in [0.29, 0.717) is 24.3 Å². The van der Waals surface area contributed by atoms with Gasteiger partial charge in [0, 0.05) is 6.07 Å². The summed E-state index contributed by atoms with van der Waals surface area (Å²) in [6.45, 7) is -1.01. The first-order valence-corrected chi connectivity index (χ1v) is 8.87. The number of ether oxygens (including phenoxy) is 3. The smallest absolute Gasteiger partial charge is 0.326 e. The number of benzene rings is 1. The third-order valence-corrected chi connectivity index (χ3v) is 4.96. The van der Waals surface area contributed by atoms with Gasteiger partial charge in [0.2, 0.25) is 17.6 Å². The molecule has 0 aromatic heterocycles. The second-order valence-electron chi connectivity index (χ2n) is 6.57. The topological polar surface area (TPSA) is 99.2 Å². The third-order valence-electron chi connectivity index (χ3n) is 4.96. The molecule has 1 aromatic rings. The first kappa shape index (κ1) is 19.6. The van der Waals surface area contributed by atoms with E-state index in [4.69, 9.17) is 14.2 Å². The number of carbonyl (C=O) groups is 4. The van der Waals surface area contributed by atoms with E-state index in [0.717, 1.165) is 4.90 Å². The van der Waals surface area contributed by atoms with Crippen LogP contribution in [0.25, 0.3) is 0 Å². The molecule has 8 heteroatoms. The number of allylic oxidation sites excluding steroid dienone is 2. The molecule has 1 fully saturated rings. The van der Waals surface area contributed by atoms with Gasteiger partial charge in [0.05, 0.1) is 31.6 Å². The summed E-state index contributed by atoms with van der Waals surface area (Å²) in [7, 11) is 2.90. The summed E-state index contributed by atoms with van der Waals surface area (Å²) in [4.78, 5) is 50.1. The van der Waals surface area contributed by atoms with Crippen LogP contribution < -0.4 is 9.47 Å². The summed E-state index contributed by atoms with van der Waals surface area (Å²) in [5.41, 5.74) is 0.238. The molecule has 2 amide bonds. The molecule has 1 aliphatic heterocycles. The van der Waals surface area contributed by atoms with Crippen LogP contribution in [-0.2, 0) is 19.1 Å². The minimum absolute atomic E-state index is 0.238. The fourth-order valence-electron chi connectivity index (χ4n) is 3.45.